The summed E-state index contributed by atoms with van der Waals surface area (Å²) in [6, 6.07) is 2.80. The summed E-state index contributed by atoms with van der Waals surface area (Å²) in [6.45, 7) is 2.16. The molecule has 1 saturated carbocycles. The maximum Gasteiger partial charge on any atom is 0.132 e. The summed E-state index contributed by atoms with van der Waals surface area (Å²) in [7, 11) is 0. The summed E-state index contributed by atoms with van der Waals surface area (Å²) in [5.41, 5.74) is 6.20. The van der Waals surface area contributed by atoms with E-state index in [1.165, 1.54) is 12.1 Å². The normalized spacial score (nSPS) is 25.1. The van der Waals surface area contributed by atoms with Crippen molar-refractivity contribution in [3.05, 3.63) is 34.9 Å². The third-order valence-corrected chi connectivity index (χ3v) is 2.92. The van der Waals surface area contributed by atoms with Gasteiger partial charge < -0.3 is 5.73 Å². The zero-order valence-corrected chi connectivity index (χ0v) is 8.06. The molecule has 0 heterocycles. The van der Waals surface area contributed by atoms with Gasteiger partial charge in [0, 0.05) is 5.56 Å². The molecule has 0 radical (unpaired) electrons. The van der Waals surface area contributed by atoms with Crippen molar-refractivity contribution in [3.8, 4) is 0 Å². The molecule has 76 valence electrons. The van der Waals surface area contributed by atoms with Gasteiger partial charge in [0.15, 0.2) is 0 Å². The van der Waals surface area contributed by atoms with Crippen molar-refractivity contribution in [2.24, 2.45) is 11.7 Å². The van der Waals surface area contributed by atoms with Gasteiger partial charge in [-0.25, -0.2) is 8.78 Å². The minimum absolute atomic E-state index is 0.0000926. The van der Waals surface area contributed by atoms with Gasteiger partial charge in [0.2, 0.25) is 0 Å². The Kier molecular flexibility index (Phi) is 2.27. The number of hydrogen-bond acceptors (Lipinski definition) is 1. The molecule has 0 amide bonds. The molecular formula is C11H13F2N. The SMILES string of the molecule is Cc1ccc(F)c([C@@H]2C[C@H]2CN)c1F. The van der Waals surface area contributed by atoms with Gasteiger partial charge in [0.05, 0.1) is 0 Å². The van der Waals surface area contributed by atoms with Crippen molar-refractivity contribution in [2.45, 2.75) is 19.3 Å². The summed E-state index contributed by atoms with van der Waals surface area (Å²) in [4.78, 5) is 0. The van der Waals surface area contributed by atoms with E-state index in [1.807, 2.05) is 0 Å². The number of halogens is 2. The van der Waals surface area contributed by atoms with Crippen LogP contribution in [0, 0.1) is 24.5 Å². The molecule has 1 aliphatic rings. The van der Waals surface area contributed by atoms with Crippen LogP contribution in [0.4, 0.5) is 8.78 Å². The molecule has 2 N–H and O–H groups in total. The lowest BCUT2D eigenvalue weighted by Gasteiger charge is -2.06. The Balaban J connectivity index is 2.38. The van der Waals surface area contributed by atoms with Crippen molar-refractivity contribution in [1.82, 2.24) is 0 Å². The van der Waals surface area contributed by atoms with Crippen LogP contribution >= 0.6 is 0 Å². The fourth-order valence-electron chi connectivity index (χ4n) is 1.88. The number of nitrogens with two attached hydrogens (primary N) is 1. The smallest absolute Gasteiger partial charge is 0.132 e. The molecule has 3 heteroatoms. The molecular weight excluding hydrogens is 184 g/mol. The number of rotatable bonds is 2. The van der Waals surface area contributed by atoms with E-state index in [9.17, 15) is 8.78 Å². The van der Waals surface area contributed by atoms with Crippen LogP contribution < -0.4 is 5.73 Å². The maximum atomic E-state index is 13.6. The first-order valence-electron chi connectivity index (χ1n) is 4.79. The standard InChI is InChI=1S/C11H13F2N/c1-6-2-3-9(12)10(11(6)13)8-4-7(8)5-14/h2-3,7-8H,4-5,14H2,1H3/t7-,8+/m0/s1. The molecule has 1 nitrogen and oxygen atoms in total. The highest BCUT2D eigenvalue weighted by atomic mass is 19.1. The highest BCUT2D eigenvalue weighted by Gasteiger charge is 2.40. The molecule has 0 bridgehead atoms. The quantitative estimate of drug-likeness (QED) is 0.773. The zero-order chi connectivity index (χ0) is 10.3. The second kappa shape index (κ2) is 3.31. The second-order valence-corrected chi connectivity index (χ2v) is 3.93. The Morgan fingerprint density at radius 1 is 1.43 bits per heavy atom. The van der Waals surface area contributed by atoms with Gasteiger partial charge in [-0.05, 0) is 43.4 Å². The van der Waals surface area contributed by atoms with Crippen molar-refractivity contribution < 1.29 is 8.78 Å². The summed E-state index contributed by atoms with van der Waals surface area (Å²) < 4.78 is 26.9. The van der Waals surface area contributed by atoms with E-state index in [0.29, 0.717) is 12.1 Å². The van der Waals surface area contributed by atoms with Crippen molar-refractivity contribution in [3.63, 3.8) is 0 Å². The first kappa shape index (κ1) is 9.59. The Morgan fingerprint density at radius 3 is 2.71 bits per heavy atom. The monoisotopic (exact) mass is 197 g/mol. The highest BCUT2D eigenvalue weighted by molar-refractivity contribution is 5.33. The largest absolute Gasteiger partial charge is 0.330 e. The van der Waals surface area contributed by atoms with Crippen LogP contribution in [0.15, 0.2) is 12.1 Å². The highest BCUT2D eigenvalue weighted by Crippen LogP contribution is 2.48. The third-order valence-electron chi connectivity index (χ3n) is 2.92. The van der Waals surface area contributed by atoms with Crippen LogP contribution in [-0.2, 0) is 0 Å². The predicted octanol–water partition coefficient (Wildman–Crippen LogP) is 2.34. The molecule has 14 heavy (non-hydrogen) atoms. The predicted molar refractivity (Wildman–Crippen MR) is 51.0 cm³/mol. The first-order chi connectivity index (χ1) is 6.65. The Morgan fingerprint density at radius 2 is 2.14 bits per heavy atom. The fraction of sp³-hybridized carbons (Fsp3) is 0.455. The molecule has 0 spiro atoms. The first-order valence-corrected chi connectivity index (χ1v) is 4.79. The fourth-order valence-corrected chi connectivity index (χ4v) is 1.88. The summed E-state index contributed by atoms with van der Waals surface area (Å²) in [6.07, 6.45) is 0.813. The van der Waals surface area contributed by atoms with E-state index in [-0.39, 0.29) is 17.4 Å². The number of hydrogen-bond donors (Lipinski definition) is 1. The number of benzene rings is 1. The molecule has 2 rings (SSSR count). The zero-order valence-electron chi connectivity index (χ0n) is 8.06. The molecule has 1 aromatic carbocycles. The van der Waals surface area contributed by atoms with E-state index in [0.717, 1.165) is 6.42 Å². The molecule has 2 atom stereocenters. The van der Waals surface area contributed by atoms with Crippen LogP contribution in [0.5, 0.6) is 0 Å². The lowest BCUT2D eigenvalue weighted by Crippen LogP contribution is -2.04. The topological polar surface area (TPSA) is 26.0 Å². The van der Waals surface area contributed by atoms with Gasteiger partial charge in [-0.15, -0.1) is 0 Å². The van der Waals surface area contributed by atoms with Crippen molar-refractivity contribution in [2.75, 3.05) is 6.54 Å². The van der Waals surface area contributed by atoms with Crippen LogP contribution in [0.1, 0.15) is 23.5 Å². The van der Waals surface area contributed by atoms with E-state index in [2.05, 4.69) is 0 Å². The number of aryl methyl sites for hydroxylation is 1. The van der Waals surface area contributed by atoms with Gasteiger partial charge in [-0.1, -0.05) is 6.07 Å². The van der Waals surface area contributed by atoms with Gasteiger partial charge >= 0.3 is 0 Å². The average molecular weight is 197 g/mol. The molecule has 0 aromatic heterocycles. The Bertz CT molecular complexity index is 363. The molecule has 0 aliphatic heterocycles. The summed E-state index contributed by atoms with van der Waals surface area (Å²) >= 11 is 0. The average Bonchev–Trinajstić information content (AvgIpc) is 2.92. The molecule has 0 saturated heterocycles. The van der Waals surface area contributed by atoms with Crippen LogP contribution in [-0.4, -0.2) is 6.54 Å². The molecule has 1 aliphatic carbocycles. The van der Waals surface area contributed by atoms with Gasteiger partial charge in [-0.3, -0.25) is 0 Å². The van der Waals surface area contributed by atoms with Crippen LogP contribution in [0.2, 0.25) is 0 Å². The lowest BCUT2D eigenvalue weighted by atomic mass is 10.0. The summed E-state index contributed by atoms with van der Waals surface area (Å²) in [5.74, 6) is -0.569. The van der Waals surface area contributed by atoms with Crippen LogP contribution in [0.3, 0.4) is 0 Å². The van der Waals surface area contributed by atoms with Crippen molar-refractivity contribution >= 4 is 0 Å². The van der Waals surface area contributed by atoms with E-state index < -0.39 is 11.6 Å². The third kappa shape index (κ3) is 1.42. The van der Waals surface area contributed by atoms with E-state index in [1.54, 1.807) is 6.92 Å². The molecule has 1 fully saturated rings. The maximum absolute atomic E-state index is 13.6. The van der Waals surface area contributed by atoms with Gasteiger partial charge in [-0.2, -0.15) is 0 Å². The molecule has 1 aromatic rings. The van der Waals surface area contributed by atoms with Gasteiger partial charge in [0.25, 0.3) is 0 Å². The van der Waals surface area contributed by atoms with Gasteiger partial charge in [0.1, 0.15) is 11.6 Å². The summed E-state index contributed by atoms with van der Waals surface area (Å²) in [5, 5.41) is 0. The second-order valence-electron chi connectivity index (χ2n) is 3.93. The molecule has 0 unspecified atom stereocenters. The minimum Gasteiger partial charge on any atom is -0.330 e. The lowest BCUT2D eigenvalue weighted by molar-refractivity contribution is 0.546. The van der Waals surface area contributed by atoms with E-state index >= 15 is 0 Å². The van der Waals surface area contributed by atoms with Crippen LogP contribution in [0.25, 0.3) is 0 Å². The minimum atomic E-state index is -0.436. The Labute approximate surface area is 81.9 Å². The van der Waals surface area contributed by atoms with E-state index in [4.69, 9.17) is 5.73 Å². The van der Waals surface area contributed by atoms with Crippen molar-refractivity contribution in [1.29, 1.82) is 0 Å². The Hall–Kier alpha value is -0.960.